The number of hydrogen-bond donors (Lipinski definition) is 1. The first kappa shape index (κ1) is 20.6. The minimum atomic E-state index is -0.0746. The molecule has 1 aliphatic carbocycles. The summed E-state index contributed by atoms with van der Waals surface area (Å²) in [6.07, 6.45) is 7.77. The Labute approximate surface area is 178 Å². The maximum atomic E-state index is 12.7. The van der Waals surface area contributed by atoms with Gasteiger partial charge < -0.3 is 15.0 Å². The van der Waals surface area contributed by atoms with Crippen LogP contribution >= 0.6 is 0 Å². The fourth-order valence-corrected chi connectivity index (χ4v) is 4.58. The summed E-state index contributed by atoms with van der Waals surface area (Å²) < 4.78 is 6.20. The number of nitrogens with one attached hydrogen (secondary N) is 1. The van der Waals surface area contributed by atoms with Crippen LogP contribution in [0.5, 0.6) is 5.75 Å². The lowest BCUT2D eigenvalue weighted by atomic mass is 9.91. The number of piperidine rings is 1. The molecule has 1 N–H and O–H groups in total. The SMILES string of the molecule is CCCN1CC(C(=O)NC2CCC(Oc3ccc4ncccc4c3)CC2)CCC1=O. The van der Waals surface area contributed by atoms with Crippen molar-refractivity contribution in [2.24, 2.45) is 5.92 Å². The zero-order valence-electron chi connectivity index (χ0n) is 17.7. The number of likely N-dealkylation sites (tertiary alicyclic amines) is 1. The third kappa shape index (κ3) is 4.91. The van der Waals surface area contributed by atoms with Crippen LogP contribution in [0.2, 0.25) is 0 Å². The van der Waals surface area contributed by atoms with Crippen LogP contribution in [-0.2, 0) is 9.59 Å². The Morgan fingerprint density at radius 2 is 2.03 bits per heavy atom. The van der Waals surface area contributed by atoms with E-state index in [1.165, 1.54) is 0 Å². The number of hydrogen-bond acceptors (Lipinski definition) is 4. The van der Waals surface area contributed by atoms with Gasteiger partial charge in [-0.15, -0.1) is 0 Å². The summed E-state index contributed by atoms with van der Waals surface area (Å²) in [6, 6.07) is 10.2. The molecule has 1 saturated carbocycles. The van der Waals surface area contributed by atoms with E-state index in [9.17, 15) is 9.59 Å². The number of ether oxygens (including phenoxy) is 1. The molecule has 1 aliphatic heterocycles. The fraction of sp³-hybridized carbons (Fsp3) is 0.542. The number of carbonyl (C=O) groups is 2. The largest absolute Gasteiger partial charge is 0.490 e. The lowest BCUT2D eigenvalue weighted by molar-refractivity contribution is -0.138. The molecule has 2 fully saturated rings. The highest BCUT2D eigenvalue weighted by molar-refractivity contribution is 5.84. The smallest absolute Gasteiger partial charge is 0.225 e. The van der Waals surface area contributed by atoms with Crippen molar-refractivity contribution in [2.75, 3.05) is 13.1 Å². The zero-order chi connectivity index (χ0) is 20.9. The van der Waals surface area contributed by atoms with Crippen molar-refractivity contribution in [3.63, 3.8) is 0 Å². The van der Waals surface area contributed by atoms with Gasteiger partial charge in [-0.3, -0.25) is 14.6 Å². The maximum Gasteiger partial charge on any atom is 0.225 e. The molecule has 160 valence electrons. The van der Waals surface area contributed by atoms with E-state index in [1.807, 2.05) is 35.2 Å². The van der Waals surface area contributed by atoms with Gasteiger partial charge in [0.15, 0.2) is 0 Å². The third-order valence-corrected chi connectivity index (χ3v) is 6.26. The van der Waals surface area contributed by atoms with Crippen LogP contribution in [0.1, 0.15) is 51.9 Å². The third-order valence-electron chi connectivity index (χ3n) is 6.26. The summed E-state index contributed by atoms with van der Waals surface area (Å²) >= 11 is 0. The van der Waals surface area contributed by atoms with Crippen molar-refractivity contribution >= 4 is 22.7 Å². The van der Waals surface area contributed by atoms with Gasteiger partial charge in [-0.1, -0.05) is 13.0 Å². The topological polar surface area (TPSA) is 71.5 Å². The average molecular weight is 410 g/mol. The lowest BCUT2D eigenvalue weighted by Crippen LogP contribution is -2.49. The highest BCUT2D eigenvalue weighted by Gasteiger charge is 2.31. The molecule has 1 saturated heterocycles. The Hall–Kier alpha value is -2.63. The van der Waals surface area contributed by atoms with Gasteiger partial charge in [0.2, 0.25) is 11.8 Å². The fourth-order valence-electron chi connectivity index (χ4n) is 4.58. The monoisotopic (exact) mass is 409 g/mol. The van der Waals surface area contributed by atoms with Gasteiger partial charge in [0.25, 0.3) is 0 Å². The molecule has 30 heavy (non-hydrogen) atoms. The summed E-state index contributed by atoms with van der Waals surface area (Å²) in [6.45, 7) is 3.37. The summed E-state index contributed by atoms with van der Waals surface area (Å²) in [7, 11) is 0. The normalized spacial score (nSPS) is 24.6. The lowest BCUT2D eigenvalue weighted by Gasteiger charge is -2.34. The van der Waals surface area contributed by atoms with E-state index in [4.69, 9.17) is 4.74 Å². The van der Waals surface area contributed by atoms with E-state index in [0.29, 0.717) is 19.4 Å². The number of amides is 2. The van der Waals surface area contributed by atoms with Gasteiger partial charge in [-0.05, 0) is 62.8 Å². The second-order valence-electron chi connectivity index (χ2n) is 8.53. The maximum absolute atomic E-state index is 12.7. The van der Waals surface area contributed by atoms with Crippen LogP contribution in [0.15, 0.2) is 36.5 Å². The van der Waals surface area contributed by atoms with Crippen molar-refractivity contribution < 1.29 is 14.3 Å². The molecule has 2 amide bonds. The number of fused-ring (bicyclic) bond motifs is 1. The first-order valence-corrected chi connectivity index (χ1v) is 11.2. The molecule has 1 unspecified atom stereocenters. The Kier molecular flexibility index (Phi) is 6.50. The molecule has 2 heterocycles. The zero-order valence-corrected chi connectivity index (χ0v) is 17.7. The number of benzene rings is 1. The van der Waals surface area contributed by atoms with E-state index in [0.717, 1.165) is 55.3 Å². The van der Waals surface area contributed by atoms with Gasteiger partial charge in [-0.2, -0.15) is 0 Å². The molecule has 1 aromatic carbocycles. The van der Waals surface area contributed by atoms with E-state index in [-0.39, 0.29) is 29.9 Å². The summed E-state index contributed by atoms with van der Waals surface area (Å²) in [4.78, 5) is 30.9. The van der Waals surface area contributed by atoms with Crippen molar-refractivity contribution in [3.05, 3.63) is 36.5 Å². The van der Waals surface area contributed by atoms with Crippen molar-refractivity contribution in [1.82, 2.24) is 15.2 Å². The minimum Gasteiger partial charge on any atom is -0.490 e. The molecule has 6 nitrogen and oxygen atoms in total. The van der Waals surface area contributed by atoms with E-state index < -0.39 is 0 Å². The molecule has 6 heteroatoms. The second kappa shape index (κ2) is 9.45. The van der Waals surface area contributed by atoms with Gasteiger partial charge in [-0.25, -0.2) is 0 Å². The number of nitrogens with zero attached hydrogens (tertiary/aromatic N) is 2. The van der Waals surface area contributed by atoms with Crippen LogP contribution in [0.25, 0.3) is 10.9 Å². The van der Waals surface area contributed by atoms with Crippen molar-refractivity contribution in [1.29, 1.82) is 0 Å². The summed E-state index contributed by atoms with van der Waals surface area (Å²) in [5.41, 5.74) is 0.971. The molecule has 1 atom stereocenters. The number of carbonyl (C=O) groups excluding carboxylic acids is 2. The minimum absolute atomic E-state index is 0.0746. The molecule has 2 aliphatic rings. The number of aromatic nitrogens is 1. The van der Waals surface area contributed by atoms with Crippen LogP contribution in [0.4, 0.5) is 0 Å². The molecule has 4 rings (SSSR count). The Bertz CT molecular complexity index is 892. The first-order valence-electron chi connectivity index (χ1n) is 11.2. The Balaban J connectivity index is 1.25. The standard InChI is InChI=1S/C24H31N3O3/c1-2-14-27-16-18(5-12-23(27)28)24(29)26-19-6-8-20(9-7-19)30-21-10-11-22-17(15-21)4-3-13-25-22/h3-4,10-11,13,15,18-20H,2,5-9,12,14,16H2,1H3,(H,26,29). The Morgan fingerprint density at radius 1 is 1.20 bits per heavy atom. The Morgan fingerprint density at radius 3 is 2.83 bits per heavy atom. The van der Waals surface area contributed by atoms with Crippen LogP contribution in [0.3, 0.4) is 0 Å². The first-order chi connectivity index (χ1) is 14.6. The summed E-state index contributed by atoms with van der Waals surface area (Å²) in [5, 5.41) is 4.32. The van der Waals surface area contributed by atoms with E-state index >= 15 is 0 Å². The van der Waals surface area contributed by atoms with Crippen LogP contribution < -0.4 is 10.1 Å². The predicted molar refractivity (Wildman–Crippen MR) is 116 cm³/mol. The highest BCUT2D eigenvalue weighted by Crippen LogP contribution is 2.27. The van der Waals surface area contributed by atoms with E-state index in [2.05, 4.69) is 17.2 Å². The van der Waals surface area contributed by atoms with Crippen LogP contribution in [0, 0.1) is 5.92 Å². The van der Waals surface area contributed by atoms with Crippen molar-refractivity contribution in [3.8, 4) is 5.75 Å². The summed E-state index contributed by atoms with van der Waals surface area (Å²) in [5.74, 6) is 1.10. The molecule has 2 aromatic rings. The van der Waals surface area contributed by atoms with Crippen molar-refractivity contribution in [2.45, 2.75) is 64.0 Å². The molecule has 0 spiro atoms. The van der Waals surface area contributed by atoms with Gasteiger partial charge in [0, 0.05) is 37.1 Å². The quantitative estimate of drug-likeness (QED) is 0.790. The van der Waals surface area contributed by atoms with Gasteiger partial charge in [0.05, 0.1) is 17.5 Å². The second-order valence-corrected chi connectivity index (χ2v) is 8.53. The molecular weight excluding hydrogens is 378 g/mol. The molecule has 1 aromatic heterocycles. The predicted octanol–water partition coefficient (Wildman–Crippen LogP) is 3.69. The molecular formula is C24H31N3O3. The van der Waals surface area contributed by atoms with Crippen LogP contribution in [-0.4, -0.2) is 46.9 Å². The average Bonchev–Trinajstić information content (AvgIpc) is 2.76. The van der Waals surface area contributed by atoms with E-state index in [1.54, 1.807) is 6.20 Å². The van der Waals surface area contributed by atoms with Gasteiger partial charge >= 0.3 is 0 Å². The van der Waals surface area contributed by atoms with Gasteiger partial charge in [0.1, 0.15) is 5.75 Å². The highest BCUT2D eigenvalue weighted by atomic mass is 16.5. The molecule has 0 radical (unpaired) electrons. The number of pyridine rings is 1. The number of rotatable bonds is 6. The molecule has 0 bridgehead atoms.